The van der Waals surface area contributed by atoms with E-state index in [1.165, 1.54) is 22.9 Å². The van der Waals surface area contributed by atoms with Crippen molar-refractivity contribution in [3.05, 3.63) is 101 Å². The van der Waals surface area contributed by atoms with Gasteiger partial charge in [-0.25, -0.2) is 13.5 Å². The first kappa shape index (κ1) is 19.9. The van der Waals surface area contributed by atoms with Crippen LogP contribution in [0.1, 0.15) is 28.2 Å². The summed E-state index contributed by atoms with van der Waals surface area (Å²) in [4.78, 5) is 13.2. The fraction of sp³-hybridized carbons (Fsp3) is 0.120. The maximum Gasteiger partial charge on any atom is 0.276 e. The molecule has 1 aliphatic carbocycles. The van der Waals surface area contributed by atoms with Crippen molar-refractivity contribution in [1.82, 2.24) is 9.78 Å². The number of ether oxygens (including phenoxy) is 1. The Morgan fingerprint density at radius 3 is 2.47 bits per heavy atom. The average Bonchev–Trinajstić information content (AvgIpc) is 3.40. The maximum atomic E-state index is 14.7. The molecule has 1 heterocycles. The minimum absolute atomic E-state index is 0.0754. The standard InChI is InChI=1S/C25H19F2N3O2/c26-18-11-4-5-13-21(18)30-20-14-6-10-17(20)23(29-30)25(31)28-24-19(27)12-7-15-22(24)32-16-8-2-1-3-9-16/h1-5,7-9,11-13,15H,6,10,14H2,(H,28,31). The largest absolute Gasteiger partial charge is 0.455 e. The molecule has 1 N–H and O–H groups in total. The van der Waals surface area contributed by atoms with E-state index in [0.29, 0.717) is 18.6 Å². The van der Waals surface area contributed by atoms with Crippen LogP contribution in [0.4, 0.5) is 14.5 Å². The minimum atomic E-state index is -0.628. The summed E-state index contributed by atoms with van der Waals surface area (Å²) >= 11 is 0. The van der Waals surface area contributed by atoms with Crippen molar-refractivity contribution in [2.75, 3.05) is 5.32 Å². The lowest BCUT2D eigenvalue weighted by molar-refractivity contribution is 0.102. The second-order valence-electron chi connectivity index (χ2n) is 7.47. The first-order valence-electron chi connectivity index (χ1n) is 10.3. The van der Waals surface area contributed by atoms with Crippen molar-refractivity contribution in [1.29, 1.82) is 0 Å². The second kappa shape index (κ2) is 8.26. The van der Waals surface area contributed by atoms with Gasteiger partial charge in [-0.15, -0.1) is 0 Å². The third-order valence-corrected chi connectivity index (χ3v) is 5.41. The zero-order chi connectivity index (χ0) is 22.1. The summed E-state index contributed by atoms with van der Waals surface area (Å²) < 4.78 is 36.3. The summed E-state index contributed by atoms with van der Waals surface area (Å²) in [5.41, 5.74) is 1.93. The smallest absolute Gasteiger partial charge is 0.276 e. The fourth-order valence-electron chi connectivity index (χ4n) is 3.94. The Bertz CT molecular complexity index is 1300. The third-order valence-electron chi connectivity index (χ3n) is 5.41. The summed E-state index contributed by atoms with van der Waals surface area (Å²) in [7, 11) is 0. The van der Waals surface area contributed by atoms with Crippen LogP contribution in [0.3, 0.4) is 0 Å². The molecular weight excluding hydrogens is 412 g/mol. The van der Waals surface area contributed by atoms with Gasteiger partial charge < -0.3 is 10.1 Å². The molecule has 3 aromatic carbocycles. The summed E-state index contributed by atoms with van der Waals surface area (Å²) in [5, 5.41) is 7.02. The van der Waals surface area contributed by atoms with Crippen LogP contribution < -0.4 is 10.1 Å². The molecule has 32 heavy (non-hydrogen) atoms. The molecule has 0 spiro atoms. The molecule has 1 aliphatic rings. The van der Waals surface area contributed by atoms with Crippen LogP contribution in [0, 0.1) is 11.6 Å². The highest BCUT2D eigenvalue weighted by Crippen LogP contribution is 2.33. The number of hydrogen-bond donors (Lipinski definition) is 1. The monoisotopic (exact) mass is 431 g/mol. The molecule has 0 aliphatic heterocycles. The number of benzene rings is 3. The van der Waals surface area contributed by atoms with E-state index in [-0.39, 0.29) is 22.8 Å². The van der Waals surface area contributed by atoms with Gasteiger partial charge in [0, 0.05) is 11.3 Å². The molecule has 160 valence electrons. The summed E-state index contributed by atoms with van der Waals surface area (Å²) in [6.07, 6.45) is 2.17. The van der Waals surface area contributed by atoms with Crippen LogP contribution in [0.2, 0.25) is 0 Å². The Morgan fingerprint density at radius 1 is 0.906 bits per heavy atom. The lowest BCUT2D eigenvalue weighted by Crippen LogP contribution is -2.16. The van der Waals surface area contributed by atoms with Gasteiger partial charge in [-0.05, 0) is 55.7 Å². The molecule has 0 atom stereocenters. The van der Waals surface area contributed by atoms with E-state index >= 15 is 0 Å². The van der Waals surface area contributed by atoms with Crippen LogP contribution in [0.5, 0.6) is 11.5 Å². The number of carbonyl (C=O) groups is 1. The molecule has 0 radical (unpaired) electrons. The maximum absolute atomic E-state index is 14.7. The summed E-state index contributed by atoms with van der Waals surface area (Å²) in [6, 6.07) is 19.5. The number of fused-ring (bicyclic) bond motifs is 1. The molecule has 0 fully saturated rings. The van der Waals surface area contributed by atoms with Crippen LogP contribution >= 0.6 is 0 Å². The number of rotatable bonds is 5. The van der Waals surface area contributed by atoms with Gasteiger partial charge in [0.25, 0.3) is 5.91 Å². The highest BCUT2D eigenvalue weighted by atomic mass is 19.1. The number of halogens is 2. The number of hydrogen-bond acceptors (Lipinski definition) is 3. The number of anilines is 1. The first-order chi connectivity index (χ1) is 15.6. The lowest BCUT2D eigenvalue weighted by Gasteiger charge is -2.13. The SMILES string of the molecule is O=C(Nc1c(F)cccc1Oc1ccccc1)c1nn(-c2ccccc2F)c2c1CCC2. The van der Waals surface area contributed by atoms with Gasteiger partial charge in [-0.2, -0.15) is 5.10 Å². The molecule has 0 bridgehead atoms. The van der Waals surface area contributed by atoms with Gasteiger partial charge in [0.2, 0.25) is 0 Å². The number of amides is 1. The average molecular weight is 431 g/mol. The predicted molar refractivity (Wildman–Crippen MR) is 116 cm³/mol. The van der Waals surface area contributed by atoms with Crippen molar-refractivity contribution >= 4 is 11.6 Å². The fourth-order valence-corrected chi connectivity index (χ4v) is 3.94. The number of nitrogens with zero attached hydrogens (tertiary/aromatic N) is 2. The molecular formula is C25H19F2N3O2. The van der Waals surface area contributed by atoms with Crippen LogP contribution in [-0.2, 0) is 12.8 Å². The summed E-state index contributed by atoms with van der Waals surface area (Å²) in [6.45, 7) is 0. The minimum Gasteiger partial charge on any atom is -0.455 e. The van der Waals surface area contributed by atoms with Gasteiger partial charge in [0.05, 0.1) is 0 Å². The van der Waals surface area contributed by atoms with E-state index in [2.05, 4.69) is 10.4 Å². The van der Waals surface area contributed by atoms with Crippen molar-refractivity contribution in [3.63, 3.8) is 0 Å². The normalized spacial score (nSPS) is 12.4. The van der Waals surface area contributed by atoms with Crippen LogP contribution in [-0.4, -0.2) is 15.7 Å². The van der Waals surface area contributed by atoms with Crippen LogP contribution in [0.15, 0.2) is 72.8 Å². The van der Waals surface area contributed by atoms with Crippen molar-refractivity contribution < 1.29 is 18.3 Å². The number of nitrogens with one attached hydrogen (secondary N) is 1. The Kier molecular flexibility index (Phi) is 5.15. The molecule has 0 saturated carbocycles. The molecule has 0 saturated heterocycles. The lowest BCUT2D eigenvalue weighted by atomic mass is 10.2. The van der Waals surface area contributed by atoms with Gasteiger partial charge in [0.15, 0.2) is 17.3 Å². The van der Waals surface area contributed by atoms with E-state index in [9.17, 15) is 13.6 Å². The van der Waals surface area contributed by atoms with E-state index in [1.807, 2.05) is 6.07 Å². The first-order valence-corrected chi connectivity index (χ1v) is 10.3. The van der Waals surface area contributed by atoms with Crippen molar-refractivity contribution in [3.8, 4) is 17.2 Å². The predicted octanol–water partition coefficient (Wildman–Crippen LogP) is 5.68. The van der Waals surface area contributed by atoms with E-state index in [1.54, 1.807) is 48.5 Å². The van der Waals surface area contributed by atoms with Gasteiger partial charge in [-0.1, -0.05) is 36.4 Å². The van der Waals surface area contributed by atoms with Crippen molar-refractivity contribution in [2.45, 2.75) is 19.3 Å². The molecule has 1 aromatic heterocycles. The highest BCUT2D eigenvalue weighted by molar-refractivity contribution is 6.05. The number of carbonyl (C=O) groups excluding carboxylic acids is 1. The molecule has 5 nitrogen and oxygen atoms in total. The number of aromatic nitrogens is 2. The van der Waals surface area contributed by atoms with E-state index < -0.39 is 17.5 Å². The van der Waals surface area contributed by atoms with Gasteiger partial charge in [-0.3, -0.25) is 4.79 Å². The Morgan fingerprint density at radius 2 is 1.66 bits per heavy atom. The van der Waals surface area contributed by atoms with E-state index in [0.717, 1.165) is 17.7 Å². The highest BCUT2D eigenvalue weighted by Gasteiger charge is 2.28. The molecule has 4 aromatic rings. The molecule has 0 unspecified atom stereocenters. The second-order valence-corrected chi connectivity index (χ2v) is 7.47. The van der Waals surface area contributed by atoms with Crippen molar-refractivity contribution in [2.24, 2.45) is 0 Å². The Labute approximate surface area is 183 Å². The Balaban J connectivity index is 1.50. The van der Waals surface area contributed by atoms with Gasteiger partial charge in [0.1, 0.15) is 22.9 Å². The topological polar surface area (TPSA) is 56.1 Å². The molecule has 7 heteroatoms. The summed E-state index contributed by atoms with van der Waals surface area (Å²) in [5.74, 6) is -0.935. The number of para-hydroxylation sites is 3. The van der Waals surface area contributed by atoms with E-state index in [4.69, 9.17) is 4.74 Å². The molecule has 5 rings (SSSR count). The quantitative estimate of drug-likeness (QED) is 0.442. The van der Waals surface area contributed by atoms with Crippen LogP contribution in [0.25, 0.3) is 5.69 Å². The third kappa shape index (κ3) is 3.62. The Hall–Kier alpha value is -4.00. The zero-order valence-electron chi connectivity index (χ0n) is 17.0. The van der Waals surface area contributed by atoms with Gasteiger partial charge >= 0.3 is 0 Å². The zero-order valence-corrected chi connectivity index (χ0v) is 17.0. The molecule has 1 amide bonds.